The van der Waals surface area contributed by atoms with Crippen LogP contribution in [0.2, 0.25) is 0 Å². The standard InChI is InChI=1S/C26H25N3O2/c1-2-3-18-28(21-12-5-4-6-13-21)26(31)19-29-25(30)17-16-24(27-29)23-15-9-11-20-10-7-8-14-22(20)23/h4-17H,2-3,18-19H2,1H3. The average molecular weight is 412 g/mol. The van der Waals surface area contributed by atoms with Crippen molar-refractivity contribution in [1.29, 1.82) is 0 Å². The normalized spacial score (nSPS) is 10.9. The molecule has 0 N–H and O–H groups in total. The maximum absolute atomic E-state index is 13.2. The first-order valence-electron chi connectivity index (χ1n) is 10.6. The maximum Gasteiger partial charge on any atom is 0.267 e. The molecule has 0 aliphatic heterocycles. The third kappa shape index (κ3) is 4.56. The van der Waals surface area contributed by atoms with E-state index in [9.17, 15) is 9.59 Å². The molecule has 1 heterocycles. The van der Waals surface area contributed by atoms with Crippen LogP contribution in [0.15, 0.2) is 89.7 Å². The molecule has 5 nitrogen and oxygen atoms in total. The second-order valence-electron chi connectivity index (χ2n) is 7.48. The van der Waals surface area contributed by atoms with E-state index < -0.39 is 0 Å². The zero-order valence-corrected chi connectivity index (χ0v) is 17.6. The van der Waals surface area contributed by atoms with Crippen molar-refractivity contribution in [2.75, 3.05) is 11.4 Å². The van der Waals surface area contributed by atoms with Gasteiger partial charge in [-0.25, -0.2) is 4.68 Å². The lowest BCUT2D eigenvalue weighted by Gasteiger charge is -2.23. The third-order valence-electron chi connectivity index (χ3n) is 5.32. The molecule has 0 bridgehead atoms. The van der Waals surface area contributed by atoms with E-state index in [2.05, 4.69) is 12.0 Å². The van der Waals surface area contributed by atoms with Crippen LogP contribution in [0.25, 0.3) is 22.0 Å². The van der Waals surface area contributed by atoms with Gasteiger partial charge in [-0.3, -0.25) is 9.59 Å². The molecule has 0 spiro atoms. The Labute approximate surface area is 181 Å². The predicted octanol–water partition coefficient (Wildman–Crippen LogP) is 4.90. The second kappa shape index (κ2) is 9.39. The Morgan fingerprint density at radius 2 is 1.65 bits per heavy atom. The van der Waals surface area contributed by atoms with Crippen molar-refractivity contribution in [1.82, 2.24) is 9.78 Å². The highest BCUT2D eigenvalue weighted by Crippen LogP contribution is 2.26. The van der Waals surface area contributed by atoms with E-state index in [4.69, 9.17) is 0 Å². The van der Waals surface area contributed by atoms with Crippen LogP contribution in [0.4, 0.5) is 5.69 Å². The number of aromatic nitrogens is 2. The molecule has 1 amide bonds. The fourth-order valence-corrected chi connectivity index (χ4v) is 3.69. The van der Waals surface area contributed by atoms with Gasteiger partial charge in [0, 0.05) is 23.9 Å². The van der Waals surface area contributed by atoms with Gasteiger partial charge < -0.3 is 4.90 Å². The van der Waals surface area contributed by atoms with Crippen LogP contribution < -0.4 is 10.5 Å². The highest BCUT2D eigenvalue weighted by Gasteiger charge is 2.17. The van der Waals surface area contributed by atoms with Crippen LogP contribution in [0, 0.1) is 0 Å². The Hall–Kier alpha value is -3.73. The first kappa shape index (κ1) is 20.5. The van der Waals surface area contributed by atoms with E-state index in [-0.39, 0.29) is 18.0 Å². The lowest BCUT2D eigenvalue weighted by molar-refractivity contribution is -0.119. The van der Waals surface area contributed by atoms with Crippen molar-refractivity contribution in [3.05, 3.63) is 95.3 Å². The van der Waals surface area contributed by atoms with Gasteiger partial charge in [-0.2, -0.15) is 5.10 Å². The molecular formula is C26H25N3O2. The number of hydrogen-bond donors (Lipinski definition) is 0. The largest absolute Gasteiger partial charge is 0.311 e. The molecule has 0 saturated heterocycles. The van der Waals surface area contributed by atoms with Crippen molar-refractivity contribution < 1.29 is 4.79 Å². The number of carbonyl (C=O) groups is 1. The topological polar surface area (TPSA) is 55.2 Å². The number of para-hydroxylation sites is 1. The molecule has 0 unspecified atom stereocenters. The Kier molecular flexibility index (Phi) is 6.22. The Morgan fingerprint density at radius 3 is 2.45 bits per heavy atom. The second-order valence-corrected chi connectivity index (χ2v) is 7.48. The lowest BCUT2D eigenvalue weighted by Crippen LogP contribution is -2.38. The monoisotopic (exact) mass is 411 g/mol. The zero-order chi connectivity index (χ0) is 21.6. The molecular weight excluding hydrogens is 386 g/mol. The molecule has 5 heteroatoms. The van der Waals surface area contributed by atoms with Gasteiger partial charge in [0.15, 0.2) is 0 Å². The number of unbranched alkanes of at least 4 members (excludes halogenated alkanes) is 1. The SMILES string of the molecule is CCCCN(C(=O)Cn1nc(-c2cccc3ccccc23)ccc1=O)c1ccccc1. The fourth-order valence-electron chi connectivity index (χ4n) is 3.69. The molecule has 31 heavy (non-hydrogen) atoms. The summed E-state index contributed by atoms with van der Waals surface area (Å²) in [6.07, 6.45) is 1.87. The quantitative estimate of drug-likeness (QED) is 0.435. The summed E-state index contributed by atoms with van der Waals surface area (Å²) in [5.74, 6) is -0.149. The van der Waals surface area contributed by atoms with Gasteiger partial charge in [0.2, 0.25) is 5.91 Å². The van der Waals surface area contributed by atoms with Crippen molar-refractivity contribution in [3.63, 3.8) is 0 Å². The molecule has 0 aliphatic carbocycles. The van der Waals surface area contributed by atoms with Gasteiger partial charge in [0.25, 0.3) is 5.56 Å². The molecule has 0 radical (unpaired) electrons. The smallest absolute Gasteiger partial charge is 0.267 e. The zero-order valence-electron chi connectivity index (χ0n) is 17.6. The van der Waals surface area contributed by atoms with Crippen LogP contribution >= 0.6 is 0 Å². The average Bonchev–Trinajstić information content (AvgIpc) is 2.81. The van der Waals surface area contributed by atoms with Crippen molar-refractivity contribution in [3.8, 4) is 11.3 Å². The van der Waals surface area contributed by atoms with Crippen LogP contribution in [-0.4, -0.2) is 22.2 Å². The van der Waals surface area contributed by atoms with E-state index in [1.54, 1.807) is 11.0 Å². The van der Waals surface area contributed by atoms with Gasteiger partial charge >= 0.3 is 0 Å². The van der Waals surface area contributed by atoms with Gasteiger partial charge in [-0.05, 0) is 35.4 Å². The maximum atomic E-state index is 13.2. The minimum Gasteiger partial charge on any atom is -0.311 e. The van der Waals surface area contributed by atoms with Gasteiger partial charge in [-0.15, -0.1) is 0 Å². The molecule has 0 saturated carbocycles. The summed E-state index contributed by atoms with van der Waals surface area (Å²) in [7, 11) is 0. The molecule has 4 aromatic rings. The number of anilines is 1. The van der Waals surface area contributed by atoms with Crippen molar-refractivity contribution in [2.45, 2.75) is 26.3 Å². The third-order valence-corrected chi connectivity index (χ3v) is 5.32. The number of hydrogen-bond acceptors (Lipinski definition) is 3. The molecule has 1 aromatic heterocycles. The van der Waals surface area contributed by atoms with Gasteiger partial charge in [-0.1, -0.05) is 74.0 Å². The number of carbonyl (C=O) groups excluding carboxylic acids is 1. The van der Waals surface area contributed by atoms with Crippen LogP contribution in [0.5, 0.6) is 0 Å². The first-order chi connectivity index (χ1) is 15.2. The van der Waals surface area contributed by atoms with Crippen LogP contribution in [0.1, 0.15) is 19.8 Å². The number of fused-ring (bicyclic) bond motifs is 1. The van der Waals surface area contributed by atoms with Crippen molar-refractivity contribution in [2.24, 2.45) is 0 Å². The van der Waals surface area contributed by atoms with Crippen LogP contribution in [0.3, 0.4) is 0 Å². The summed E-state index contributed by atoms with van der Waals surface area (Å²) >= 11 is 0. The highest BCUT2D eigenvalue weighted by atomic mass is 16.2. The molecule has 0 atom stereocenters. The summed E-state index contributed by atoms with van der Waals surface area (Å²) in [5, 5.41) is 6.71. The summed E-state index contributed by atoms with van der Waals surface area (Å²) in [5.41, 5.74) is 2.15. The molecule has 0 aliphatic rings. The first-order valence-corrected chi connectivity index (χ1v) is 10.6. The van der Waals surface area contributed by atoms with Crippen molar-refractivity contribution >= 4 is 22.4 Å². The van der Waals surface area contributed by atoms with Crippen LogP contribution in [-0.2, 0) is 11.3 Å². The Balaban J connectivity index is 1.67. The highest BCUT2D eigenvalue weighted by molar-refractivity contribution is 5.96. The summed E-state index contributed by atoms with van der Waals surface area (Å²) in [4.78, 5) is 27.4. The molecule has 0 fully saturated rings. The number of nitrogens with zero attached hydrogens (tertiary/aromatic N) is 3. The molecule has 3 aromatic carbocycles. The Morgan fingerprint density at radius 1 is 0.903 bits per heavy atom. The fraction of sp³-hybridized carbons (Fsp3) is 0.192. The van der Waals surface area contributed by atoms with E-state index in [1.807, 2.05) is 72.8 Å². The van der Waals surface area contributed by atoms with E-state index >= 15 is 0 Å². The minimum atomic E-state index is -0.291. The van der Waals surface area contributed by atoms with E-state index in [0.29, 0.717) is 12.2 Å². The molecule has 4 rings (SSSR count). The lowest BCUT2D eigenvalue weighted by atomic mass is 10.0. The minimum absolute atomic E-state index is 0.101. The number of benzene rings is 3. The van der Waals surface area contributed by atoms with Gasteiger partial charge in [0.05, 0.1) is 5.69 Å². The predicted molar refractivity (Wildman–Crippen MR) is 125 cm³/mol. The number of rotatable bonds is 7. The number of amides is 1. The summed E-state index contributed by atoms with van der Waals surface area (Å²) in [6.45, 7) is 2.60. The van der Waals surface area contributed by atoms with Gasteiger partial charge in [0.1, 0.15) is 6.54 Å². The molecule has 156 valence electrons. The van der Waals surface area contributed by atoms with E-state index in [0.717, 1.165) is 34.9 Å². The van der Waals surface area contributed by atoms with E-state index in [1.165, 1.54) is 10.7 Å². The summed E-state index contributed by atoms with van der Waals surface area (Å²) in [6, 6.07) is 26.8. The Bertz CT molecular complexity index is 1240. The summed E-state index contributed by atoms with van der Waals surface area (Å²) < 4.78 is 1.27.